The monoisotopic (exact) mass is 488 g/mol. The first kappa shape index (κ1) is 22.7. The lowest BCUT2D eigenvalue weighted by Gasteiger charge is -2.34. The second kappa shape index (κ2) is 9.19. The van der Waals surface area contributed by atoms with E-state index in [9.17, 15) is 13.2 Å². The molecule has 1 unspecified atom stereocenters. The molecule has 0 N–H and O–H groups in total. The van der Waals surface area contributed by atoms with Crippen LogP contribution >= 0.6 is 22.7 Å². The lowest BCUT2D eigenvalue weighted by atomic mass is 9.98. The maximum absolute atomic E-state index is 13.2. The summed E-state index contributed by atoms with van der Waals surface area (Å²) in [6.45, 7) is 0.641. The number of benzene rings is 1. The van der Waals surface area contributed by atoms with Gasteiger partial charge >= 0.3 is 0 Å². The van der Waals surface area contributed by atoms with Crippen molar-refractivity contribution in [1.29, 1.82) is 0 Å². The van der Waals surface area contributed by atoms with Gasteiger partial charge in [0.05, 0.1) is 13.2 Å². The molecule has 0 spiro atoms. The molecule has 3 heterocycles. The van der Waals surface area contributed by atoms with E-state index in [1.165, 1.54) is 43.8 Å². The molecular formula is C23H24N2O4S3. The maximum Gasteiger partial charge on any atom is 0.247 e. The van der Waals surface area contributed by atoms with Crippen LogP contribution in [0, 0.1) is 0 Å². The molecule has 0 saturated heterocycles. The van der Waals surface area contributed by atoms with E-state index in [4.69, 9.17) is 4.74 Å². The Morgan fingerprint density at radius 3 is 2.69 bits per heavy atom. The molecule has 9 heteroatoms. The van der Waals surface area contributed by atoms with Crippen LogP contribution in [0.1, 0.15) is 26.9 Å². The van der Waals surface area contributed by atoms with Crippen molar-refractivity contribution < 1.29 is 17.9 Å². The zero-order valence-electron chi connectivity index (χ0n) is 18.0. The molecule has 0 saturated carbocycles. The second-order valence-electron chi connectivity index (χ2n) is 7.53. The summed E-state index contributed by atoms with van der Waals surface area (Å²) in [6.07, 6.45) is 4.01. The molecule has 0 bridgehead atoms. The highest BCUT2D eigenvalue weighted by Gasteiger charge is 2.32. The number of carbonyl (C=O) groups is 1. The number of nitrogens with zero attached hydrogens (tertiary/aromatic N) is 2. The Bertz CT molecular complexity index is 1240. The summed E-state index contributed by atoms with van der Waals surface area (Å²) in [5.74, 6) is 0.161. The fourth-order valence-electron chi connectivity index (χ4n) is 3.77. The van der Waals surface area contributed by atoms with Crippen molar-refractivity contribution in [1.82, 2.24) is 9.21 Å². The van der Waals surface area contributed by atoms with Gasteiger partial charge < -0.3 is 9.64 Å². The van der Waals surface area contributed by atoms with Crippen LogP contribution < -0.4 is 4.74 Å². The van der Waals surface area contributed by atoms with E-state index in [-0.39, 0.29) is 22.6 Å². The molecule has 0 radical (unpaired) electrons. The van der Waals surface area contributed by atoms with E-state index < -0.39 is 10.0 Å². The number of hydrogen-bond acceptors (Lipinski definition) is 6. The Hall–Kier alpha value is -2.46. The van der Waals surface area contributed by atoms with Crippen molar-refractivity contribution in [2.75, 3.05) is 27.7 Å². The SMILES string of the molecule is COc1ccc(/C=C/C(=O)N2CCc3sccc3C2c2cccs2)cc1S(=O)(=O)N(C)C. The fourth-order valence-corrected chi connectivity index (χ4v) is 6.61. The molecule has 1 atom stereocenters. The third-order valence-electron chi connectivity index (χ3n) is 5.43. The van der Waals surface area contributed by atoms with Gasteiger partial charge in [-0.1, -0.05) is 12.1 Å². The summed E-state index contributed by atoms with van der Waals surface area (Å²) in [7, 11) is 0.694. The van der Waals surface area contributed by atoms with E-state index in [1.54, 1.807) is 40.9 Å². The Morgan fingerprint density at radius 2 is 2.00 bits per heavy atom. The molecule has 1 aliphatic heterocycles. The van der Waals surface area contributed by atoms with Crippen LogP contribution in [0.4, 0.5) is 0 Å². The average Bonchev–Trinajstić information content (AvgIpc) is 3.48. The predicted molar refractivity (Wildman–Crippen MR) is 129 cm³/mol. The van der Waals surface area contributed by atoms with Gasteiger partial charge in [0, 0.05) is 36.5 Å². The minimum atomic E-state index is -3.68. The van der Waals surface area contributed by atoms with Crippen LogP contribution in [-0.4, -0.2) is 51.3 Å². The van der Waals surface area contributed by atoms with E-state index >= 15 is 0 Å². The molecule has 0 fully saturated rings. The number of sulfonamides is 1. The predicted octanol–water partition coefficient (Wildman–Crippen LogP) is 4.26. The van der Waals surface area contributed by atoms with Crippen LogP contribution in [0.3, 0.4) is 0 Å². The van der Waals surface area contributed by atoms with E-state index in [1.807, 2.05) is 16.3 Å². The van der Waals surface area contributed by atoms with Crippen molar-refractivity contribution in [2.24, 2.45) is 0 Å². The highest BCUT2D eigenvalue weighted by molar-refractivity contribution is 7.89. The van der Waals surface area contributed by atoms with Crippen LogP contribution in [-0.2, 0) is 21.2 Å². The number of amides is 1. The molecule has 0 aliphatic carbocycles. The van der Waals surface area contributed by atoms with Gasteiger partial charge in [0.25, 0.3) is 0 Å². The van der Waals surface area contributed by atoms with Crippen molar-refractivity contribution in [2.45, 2.75) is 17.4 Å². The van der Waals surface area contributed by atoms with Crippen LogP contribution in [0.25, 0.3) is 6.08 Å². The highest BCUT2D eigenvalue weighted by atomic mass is 32.2. The number of fused-ring (bicyclic) bond motifs is 1. The summed E-state index contributed by atoms with van der Waals surface area (Å²) in [5, 5.41) is 4.11. The number of methoxy groups -OCH3 is 1. The number of thiophene rings is 2. The van der Waals surface area contributed by atoms with Crippen LogP contribution in [0.5, 0.6) is 5.75 Å². The average molecular weight is 489 g/mol. The highest BCUT2D eigenvalue weighted by Crippen LogP contribution is 2.39. The number of hydrogen-bond donors (Lipinski definition) is 0. The van der Waals surface area contributed by atoms with Gasteiger partial charge in [0.2, 0.25) is 15.9 Å². The van der Waals surface area contributed by atoms with Gasteiger partial charge in [-0.25, -0.2) is 12.7 Å². The molecule has 2 aromatic heterocycles. The molecule has 6 nitrogen and oxygen atoms in total. The molecule has 32 heavy (non-hydrogen) atoms. The van der Waals surface area contributed by atoms with E-state index in [0.717, 1.165) is 15.6 Å². The van der Waals surface area contributed by atoms with Crippen molar-refractivity contribution in [3.63, 3.8) is 0 Å². The van der Waals surface area contributed by atoms with Crippen molar-refractivity contribution in [3.05, 3.63) is 74.1 Å². The summed E-state index contributed by atoms with van der Waals surface area (Å²) in [4.78, 5) is 17.6. The summed E-state index contributed by atoms with van der Waals surface area (Å²) < 4.78 is 31.7. The maximum atomic E-state index is 13.2. The van der Waals surface area contributed by atoms with Gasteiger partial charge in [-0.2, -0.15) is 0 Å². The molecule has 1 aliphatic rings. The lowest BCUT2D eigenvalue weighted by Crippen LogP contribution is -2.38. The number of rotatable bonds is 6. The van der Waals surface area contributed by atoms with Crippen molar-refractivity contribution >= 4 is 44.7 Å². The van der Waals surface area contributed by atoms with Crippen LogP contribution in [0.15, 0.2) is 58.1 Å². The van der Waals surface area contributed by atoms with Gasteiger partial charge in [-0.15, -0.1) is 22.7 Å². The summed E-state index contributed by atoms with van der Waals surface area (Å²) >= 11 is 3.38. The first-order valence-electron chi connectivity index (χ1n) is 10.0. The van der Waals surface area contributed by atoms with Gasteiger partial charge in [0.15, 0.2) is 0 Å². The fraction of sp³-hybridized carbons (Fsp3) is 0.261. The topological polar surface area (TPSA) is 66.9 Å². The standard InChI is InChI=1S/C23H24N2O4S3/c1-24(2)32(27,28)21-15-16(6-8-18(21)29-3)7-9-22(26)25-12-10-19-17(11-14-31-19)23(25)20-5-4-13-30-20/h4-9,11,13-15,23H,10,12H2,1-3H3/b9-7+. The molecule has 1 amide bonds. The first-order valence-corrected chi connectivity index (χ1v) is 13.2. The summed E-state index contributed by atoms with van der Waals surface area (Å²) in [5.41, 5.74) is 1.80. The van der Waals surface area contributed by atoms with E-state index in [0.29, 0.717) is 12.1 Å². The van der Waals surface area contributed by atoms with Gasteiger partial charge in [-0.05, 0) is 58.6 Å². The molecular weight excluding hydrogens is 464 g/mol. The molecule has 4 rings (SSSR count). The molecule has 3 aromatic rings. The Kier molecular flexibility index (Phi) is 6.52. The second-order valence-corrected chi connectivity index (χ2v) is 11.6. The van der Waals surface area contributed by atoms with Gasteiger partial charge in [0.1, 0.15) is 10.6 Å². The smallest absolute Gasteiger partial charge is 0.247 e. The Balaban J connectivity index is 1.63. The quantitative estimate of drug-likeness (QED) is 0.487. The number of ether oxygens (including phenoxy) is 1. The summed E-state index contributed by atoms with van der Waals surface area (Å²) in [6, 6.07) is 11.0. The van der Waals surface area contributed by atoms with Crippen molar-refractivity contribution in [3.8, 4) is 5.75 Å². The van der Waals surface area contributed by atoms with E-state index in [2.05, 4.69) is 17.5 Å². The minimum Gasteiger partial charge on any atom is -0.495 e. The van der Waals surface area contributed by atoms with Crippen LogP contribution in [0.2, 0.25) is 0 Å². The molecule has 1 aromatic carbocycles. The molecule has 168 valence electrons. The first-order chi connectivity index (χ1) is 15.3. The Labute approximate surface area is 196 Å². The Morgan fingerprint density at radius 1 is 1.19 bits per heavy atom. The normalized spacial score (nSPS) is 16.5. The van der Waals surface area contributed by atoms with Gasteiger partial charge in [-0.3, -0.25) is 4.79 Å². The third-order valence-corrected chi connectivity index (χ3v) is 9.18. The number of carbonyl (C=O) groups excluding carboxylic acids is 1. The largest absolute Gasteiger partial charge is 0.495 e. The zero-order chi connectivity index (χ0) is 22.9. The zero-order valence-corrected chi connectivity index (χ0v) is 20.5. The lowest BCUT2D eigenvalue weighted by molar-refractivity contribution is -0.127. The third kappa shape index (κ3) is 4.25. The minimum absolute atomic E-state index is 0.0666.